The van der Waals surface area contributed by atoms with E-state index in [1.165, 1.54) is 44.2 Å². The number of esters is 2. The van der Waals surface area contributed by atoms with Gasteiger partial charge in [0.25, 0.3) is 0 Å². The van der Waals surface area contributed by atoms with E-state index in [0.29, 0.717) is 44.8 Å². The van der Waals surface area contributed by atoms with Gasteiger partial charge >= 0.3 is 18.1 Å². The van der Waals surface area contributed by atoms with Crippen LogP contribution in [0.3, 0.4) is 0 Å². The van der Waals surface area contributed by atoms with Crippen LogP contribution in [0.4, 0.5) is 17.6 Å². The number of hydrogen-bond donors (Lipinski definition) is 0. The number of hydrogen-bond acceptors (Lipinski definition) is 7. The zero-order chi connectivity index (χ0) is 34.8. The monoisotopic (exact) mass is 682 g/mol. The SMILES string of the molecule is CCCCCCCCC1COC(c2ccc(C(=O)Oc3ccc(C(=O)OC(CCCCCCCOCC)C(F)(F)F)cc3F)cc2)OC1. The van der Waals surface area contributed by atoms with E-state index < -0.39 is 54.1 Å². The molecule has 2 aromatic carbocycles. The summed E-state index contributed by atoms with van der Waals surface area (Å²) in [6.07, 6.45) is 3.66. The first-order chi connectivity index (χ1) is 23.1. The van der Waals surface area contributed by atoms with E-state index in [4.69, 9.17) is 23.7 Å². The number of halogens is 4. The van der Waals surface area contributed by atoms with Crippen LogP contribution in [0, 0.1) is 11.7 Å². The lowest BCUT2D eigenvalue weighted by atomic mass is 10.0. The van der Waals surface area contributed by atoms with Gasteiger partial charge in [0.1, 0.15) is 0 Å². The van der Waals surface area contributed by atoms with Crippen molar-refractivity contribution >= 4 is 11.9 Å². The average molecular weight is 683 g/mol. The normalized spacial score (nSPS) is 17.2. The molecule has 0 saturated carbocycles. The molecule has 0 aliphatic carbocycles. The molecule has 1 saturated heterocycles. The smallest absolute Gasteiger partial charge is 0.425 e. The number of carbonyl (C=O) groups excluding carboxylic acids is 2. The zero-order valence-electron chi connectivity index (χ0n) is 28.2. The first-order valence-electron chi connectivity index (χ1n) is 17.3. The molecule has 1 heterocycles. The average Bonchev–Trinajstić information content (AvgIpc) is 3.07. The molecule has 2 aromatic rings. The number of carbonyl (C=O) groups is 2. The molecule has 1 aliphatic heterocycles. The van der Waals surface area contributed by atoms with Gasteiger partial charge in [0.05, 0.1) is 24.3 Å². The van der Waals surface area contributed by atoms with Crippen molar-refractivity contribution in [3.05, 3.63) is 65.0 Å². The largest absolute Gasteiger partial charge is 0.449 e. The summed E-state index contributed by atoms with van der Waals surface area (Å²) in [7, 11) is 0. The lowest BCUT2D eigenvalue weighted by Crippen LogP contribution is -2.34. The third kappa shape index (κ3) is 13.8. The minimum absolute atomic E-state index is 0.140. The van der Waals surface area contributed by atoms with Crippen LogP contribution in [-0.4, -0.2) is 50.6 Å². The maximum Gasteiger partial charge on any atom is 0.425 e. The van der Waals surface area contributed by atoms with Crippen molar-refractivity contribution in [1.82, 2.24) is 0 Å². The summed E-state index contributed by atoms with van der Waals surface area (Å²) in [5.74, 6) is -3.39. The van der Waals surface area contributed by atoms with Gasteiger partial charge in [-0.25, -0.2) is 14.0 Å². The van der Waals surface area contributed by atoms with E-state index in [9.17, 15) is 27.2 Å². The molecule has 0 amide bonds. The Labute approximate surface area is 281 Å². The summed E-state index contributed by atoms with van der Waals surface area (Å²) in [6, 6.07) is 9.12. The van der Waals surface area contributed by atoms with E-state index in [2.05, 4.69) is 6.92 Å². The highest BCUT2D eigenvalue weighted by Crippen LogP contribution is 2.30. The zero-order valence-corrected chi connectivity index (χ0v) is 28.2. The molecule has 0 bridgehead atoms. The second-order valence-corrected chi connectivity index (χ2v) is 12.3. The lowest BCUT2D eigenvalue weighted by Gasteiger charge is -2.29. The predicted octanol–water partition coefficient (Wildman–Crippen LogP) is 9.92. The van der Waals surface area contributed by atoms with Crippen molar-refractivity contribution in [2.24, 2.45) is 5.92 Å². The molecular formula is C37H50F4O7. The summed E-state index contributed by atoms with van der Waals surface area (Å²) in [5, 5.41) is 0. The standard InChI is InChI=1S/C37H50F4O7/c1-3-5-6-7-9-12-15-27-25-45-36(46-26-27)29-19-17-28(18-20-29)34(42)47-32-22-21-30(24-31(32)38)35(43)48-33(37(39,40)41)16-13-10-8-11-14-23-44-4-2/h17-22,24,27,33,36H,3-16,23,25-26H2,1-2H3. The molecule has 48 heavy (non-hydrogen) atoms. The van der Waals surface area contributed by atoms with Crippen LogP contribution in [0.25, 0.3) is 0 Å². The van der Waals surface area contributed by atoms with Gasteiger partial charge in [0.2, 0.25) is 0 Å². The molecule has 0 radical (unpaired) electrons. The Morgan fingerprint density at radius 2 is 1.44 bits per heavy atom. The summed E-state index contributed by atoms with van der Waals surface area (Å²) in [4.78, 5) is 25.2. The molecule has 1 unspecified atom stereocenters. The Hall–Kier alpha value is -3.02. The van der Waals surface area contributed by atoms with Crippen molar-refractivity contribution in [2.75, 3.05) is 26.4 Å². The van der Waals surface area contributed by atoms with Gasteiger partial charge in [-0.3, -0.25) is 0 Å². The van der Waals surface area contributed by atoms with Gasteiger partial charge in [-0.15, -0.1) is 0 Å². The maximum atomic E-state index is 14.8. The van der Waals surface area contributed by atoms with Gasteiger partial charge < -0.3 is 23.7 Å². The van der Waals surface area contributed by atoms with Crippen molar-refractivity contribution in [2.45, 2.75) is 116 Å². The van der Waals surface area contributed by atoms with Crippen LogP contribution in [0.5, 0.6) is 5.75 Å². The molecule has 0 aromatic heterocycles. The van der Waals surface area contributed by atoms with Gasteiger partial charge in [-0.2, -0.15) is 13.2 Å². The number of benzene rings is 2. The van der Waals surface area contributed by atoms with E-state index >= 15 is 0 Å². The highest BCUT2D eigenvalue weighted by atomic mass is 19.4. The third-order valence-electron chi connectivity index (χ3n) is 8.29. The molecule has 1 atom stereocenters. The van der Waals surface area contributed by atoms with Crippen LogP contribution in [0.1, 0.15) is 130 Å². The van der Waals surface area contributed by atoms with Gasteiger partial charge in [0, 0.05) is 24.7 Å². The van der Waals surface area contributed by atoms with Gasteiger partial charge in [0.15, 0.2) is 24.0 Å². The second kappa shape index (κ2) is 21.1. The van der Waals surface area contributed by atoms with E-state index in [1.54, 1.807) is 12.1 Å². The number of rotatable bonds is 21. The van der Waals surface area contributed by atoms with Crippen LogP contribution in [-0.2, 0) is 18.9 Å². The fourth-order valence-corrected chi connectivity index (χ4v) is 5.46. The van der Waals surface area contributed by atoms with Crippen LogP contribution >= 0.6 is 0 Å². The topological polar surface area (TPSA) is 80.3 Å². The molecule has 1 aliphatic rings. The highest BCUT2D eigenvalue weighted by Gasteiger charge is 2.42. The lowest BCUT2D eigenvalue weighted by molar-refractivity contribution is -0.206. The molecule has 7 nitrogen and oxygen atoms in total. The minimum Gasteiger partial charge on any atom is -0.449 e. The third-order valence-corrected chi connectivity index (χ3v) is 8.29. The quantitative estimate of drug-likeness (QED) is 0.0561. The first kappa shape index (κ1) is 39.4. The van der Waals surface area contributed by atoms with Crippen LogP contribution in [0.15, 0.2) is 42.5 Å². The van der Waals surface area contributed by atoms with Gasteiger partial charge in [-0.1, -0.05) is 76.8 Å². The predicted molar refractivity (Wildman–Crippen MR) is 173 cm³/mol. The molecule has 0 N–H and O–H groups in total. The first-order valence-corrected chi connectivity index (χ1v) is 17.3. The minimum atomic E-state index is -4.76. The van der Waals surface area contributed by atoms with E-state index in [0.717, 1.165) is 49.8 Å². The Morgan fingerprint density at radius 1 is 0.812 bits per heavy atom. The Bertz CT molecular complexity index is 1230. The summed E-state index contributed by atoms with van der Waals surface area (Å²) in [5.41, 5.74) is 0.442. The number of ether oxygens (including phenoxy) is 5. The van der Waals surface area contributed by atoms with Gasteiger partial charge in [-0.05, 0) is 62.9 Å². The Balaban J connectivity index is 1.45. The molecule has 268 valence electrons. The number of unbranched alkanes of at least 4 members (excludes halogenated alkanes) is 9. The molecule has 3 rings (SSSR count). The fraction of sp³-hybridized carbons (Fsp3) is 0.622. The van der Waals surface area contributed by atoms with E-state index in [1.807, 2.05) is 6.92 Å². The Morgan fingerprint density at radius 3 is 2.08 bits per heavy atom. The van der Waals surface area contributed by atoms with Crippen molar-refractivity contribution in [3.8, 4) is 5.75 Å². The van der Waals surface area contributed by atoms with Crippen LogP contribution in [0.2, 0.25) is 0 Å². The van der Waals surface area contributed by atoms with Crippen molar-refractivity contribution in [3.63, 3.8) is 0 Å². The molecule has 0 spiro atoms. The Kier molecular flexibility index (Phi) is 17.4. The summed E-state index contributed by atoms with van der Waals surface area (Å²) in [6.45, 7) is 6.53. The molecule has 1 fully saturated rings. The molecule has 11 heteroatoms. The second-order valence-electron chi connectivity index (χ2n) is 12.3. The number of alkyl halides is 3. The van der Waals surface area contributed by atoms with E-state index in [-0.39, 0.29) is 12.0 Å². The summed E-state index contributed by atoms with van der Waals surface area (Å²) < 4.78 is 82.4. The fourth-order valence-electron chi connectivity index (χ4n) is 5.46. The summed E-state index contributed by atoms with van der Waals surface area (Å²) >= 11 is 0. The van der Waals surface area contributed by atoms with Crippen molar-refractivity contribution < 1.29 is 50.8 Å². The maximum absolute atomic E-state index is 14.8. The van der Waals surface area contributed by atoms with Crippen molar-refractivity contribution in [1.29, 1.82) is 0 Å². The van der Waals surface area contributed by atoms with Crippen LogP contribution < -0.4 is 4.74 Å². The highest BCUT2D eigenvalue weighted by molar-refractivity contribution is 5.92. The molecular weight excluding hydrogens is 632 g/mol.